The van der Waals surface area contributed by atoms with Crippen molar-refractivity contribution in [2.24, 2.45) is 63.1 Å². The van der Waals surface area contributed by atoms with E-state index in [2.05, 4.69) is 83.9 Å². The zero-order valence-electron chi connectivity index (χ0n) is 65.7. The molecule has 15 aliphatic rings. The van der Waals surface area contributed by atoms with Crippen LogP contribution >= 0.6 is 0 Å². The van der Waals surface area contributed by atoms with Gasteiger partial charge in [-0.1, -0.05) is 20.3 Å². The Kier molecular flexibility index (Phi) is 23.3. The molecule has 0 radical (unpaired) electrons. The summed E-state index contributed by atoms with van der Waals surface area (Å²) in [7, 11) is 0. The number of aliphatic hydroxyl groups excluding tert-OH is 2. The molecule has 648 valence electrons. The minimum atomic E-state index is -2.40. The molecule has 0 saturated carbocycles. The van der Waals surface area contributed by atoms with E-state index in [1.54, 1.807) is 29.8 Å². The molecule has 0 aromatic carbocycles. The van der Waals surface area contributed by atoms with E-state index in [1.807, 2.05) is 13.8 Å². The average molecular weight is 1660 g/mol. The van der Waals surface area contributed by atoms with E-state index in [9.17, 15) is 80.5 Å². The van der Waals surface area contributed by atoms with Gasteiger partial charge in [0.15, 0.2) is 30.2 Å². The fourth-order valence-electron chi connectivity index (χ4n) is 20.3. The number of quaternary nitrogens is 1. The minimum absolute atomic E-state index is 0.00408. The van der Waals surface area contributed by atoms with E-state index in [0.29, 0.717) is 44.7 Å². The predicted octanol–water partition coefficient (Wildman–Crippen LogP) is -30.2. The predicted molar refractivity (Wildman–Crippen MR) is 395 cm³/mol. The van der Waals surface area contributed by atoms with E-state index < -0.39 is 154 Å². The van der Waals surface area contributed by atoms with Crippen molar-refractivity contribution in [3.63, 3.8) is 0 Å². The number of nitrogens with one attached hydrogen (secondary N) is 15. The van der Waals surface area contributed by atoms with Crippen LogP contribution in [0.2, 0.25) is 0 Å². The second-order valence-electron chi connectivity index (χ2n) is 31.9. The van der Waals surface area contributed by atoms with Crippen LogP contribution in [0.15, 0.2) is 0 Å². The zero-order chi connectivity index (χ0) is 85.7. The summed E-state index contributed by atoms with van der Waals surface area (Å²) in [5.41, 5.74) is 62.7. The highest BCUT2D eigenvalue weighted by Gasteiger charge is 2.83. The Bertz CT molecular complexity index is 3770. The summed E-state index contributed by atoms with van der Waals surface area (Å²) in [6.07, 6.45) is 2.61. The molecule has 15 aliphatic heterocycles. The molecule has 52 heteroatoms. The first-order valence-electron chi connectivity index (χ1n) is 38.5. The second kappa shape index (κ2) is 31.1. The van der Waals surface area contributed by atoms with Crippen molar-refractivity contribution in [2.75, 3.05) is 46.1 Å². The van der Waals surface area contributed by atoms with Crippen molar-refractivity contribution < 1.29 is 153 Å². The van der Waals surface area contributed by atoms with E-state index >= 15 is 0 Å². The van der Waals surface area contributed by atoms with Crippen LogP contribution in [0.5, 0.6) is 0 Å². The third-order valence-corrected chi connectivity index (χ3v) is 24.6. The lowest BCUT2D eigenvalue weighted by Crippen LogP contribution is -2.91. The van der Waals surface area contributed by atoms with Gasteiger partial charge < -0.3 is 91.7 Å². The van der Waals surface area contributed by atoms with Gasteiger partial charge in [0.2, 0.25) is 23.1 Å². The Hall–Kier alpha value is -9.98. The van der Waals surface area contributed by atoms with Crippen LogP contribution in [0.4, 0.5) is 0 Å². The molecule has 5 spiro atoms. The van der Waals surface area contributed by atoms with Crippen molar-refractivity contribution in [2.45, 2.75) is 267 Å². The smallest absolute Gasteiger partial charge is 0.347 e. The van der Waals surface area contributed by atoms with Crippen molar-refractivity contribution in [3.05, 3.63) is 0 Å². The minimum Gasteiger partial charge on any atom is -0.462 e. The van der Waals surface area contributed by atoms with Gasteiger partial charge in [0.25, 0.3) is 34.1 Å². The van der Waals surface area contributed by atoms with E-state index in [0.717, 1.165) is 12.8 Å². The summed E-state index contributed by atoms with van der Waals surface area (Å²) in [5, 5.41) is 157. The first-order chi connectivity index (χ1) is 54.2. The van der Waals surface area contributed by atoms with Gasteiger partial charge in [-0.2, -0.15) is 0 Å². The maximum atomic E-state index is 11.2. The number of carbonyl (C=O) groups is 4. The maximum absolute atomic E-state index is 11.2. The molecule has 15 rings (SSSR count). The molecule has 52 N–H and O–H groups in total. The Morgan fingerprint density at radius 3 is 0.948 bits per heavy atom. The number of nitrogens with two attached hydrogens (primary N) is 11. The zero-order valence-corrected chi connectivity index (χ0v) is 65.7. The lowest BCUT2D eigenvalue weighted by molar-refractivity contribution is -0.693. The Morgan fingerprint density at radius 1 is 0.422 bits per heavy atom. The third kappa shape index (κ3) is 13.7. The number of ether oxygens (including phenoxy) is 4. The number of carbonyl (C=O) groups excluding carboxylic acids is 4. The summed E-state index contributed by atoms with van der Waals surface area (Å²) in [6, 6.07) is -6.63. The van der Waals surface area contributed by atoms with Gasteiger partial charge in [-0.05, 0) is 32.7 Å². The highest BCUT2D eigenvalue weighted by atomic mass is 16.6. The molecule has 0 aliphatic carbocycles. The van der Waals surface area contributed by atoms with E-state index in [-0.39, 0.29) is 137 Å². The number of nitrogens with zero attached hydrogens (tertiary/aromatic N) is 5. The topological polar surface area (TPSA) is 867 Å². The van der Waals surface area contributed by atoms with Crippen LogP contribution in [0.3, 0.4) is 0 Å². The maximum Gasteiger partial charge on any atom is 0.347 e. The molecule has 21 atom stereocenters. The van der Waals surface area contributed by atoms with Crippen LogP contribution in [0, 0.1) is 0 Å². The van der Waals surface area contributed by atoms with Crippen LogP contribution in [0.1, 0.15) is 113 Å². The highest BCUT2D eigenvalue weighted by molar-refractivity contribution is 5.82. The molecule has 116 heavy (non-hydrogen) atoms. The fraction of sp³-hybridized carbons (Fsp3) is 0.781. The average Bonchev–Trinajstić information content (AvgIpc) is 1.56. The fourth-order valence-corrected chi connectivity index (χ4v) is 20.3. The number of rotatable bonds is 17. The number of hydrogen-bond acceptors (Lipinski definition) is 41. The summed E-state index contributed by atoms with van der Waals surface area (Å²) in [5.74, 6) is -10.3. The molecular weight excluding hydrogens is 1540 g/mol. The Balaban J connectivity index is 0.000000143. The van der Waals surface area contributed by atoms with Gasteiger partial charge in [0, 0.05) is 72.8 Å². The molecule has 0 amide bonds. The molecule has 0 aromatic heterocycles. The SMILES string of the molecule is CC(=O)OC[C@@H]1NC(N)=[N+]2[C@@H](CCN)CC(O)(O)[C@@]23NC(N)=[NH+][C@@H]13.CC(=O)OC[C@@H]1NC(N)=[N+]2[C@@H](CCO)CC(O)(O)[C@@]23NC(N)=[NH+][C@@H]13.CC(=O)OC[C@@H]1NC(N)=[N+]2[C@@H](CC[NH3+])CC(O)(O)[C@@]23NC(N)=[NH+][C@@H]13.CCC[C@H]1CC(O)(O)[C@]23NC(N)=[NH+][C@H]2[C@H](COC(C)=O)NC(N)=[N+]13.CC[C@@H]1NC(N)=[N+]2[C@@H](C)[C@H](O)C(O)(O)[C@@]23NC(N)=[NH+][C@@H]13. The molecule has 5 fully saturated rings. The molecular formula is C64H123N32O20+11. The summed E-state index contributed by atoms with van der Waals surface area (Å²) in [6.45, 7) is 11.7. The Morgan fingerprint density at radius 2 is 0.681 bits per heavy atom. The van der Waals surface area contributed by atoms with Gasteiger partial charge in [-0.15, -0.1) is 0 Å². The third-order valence-electron chi connectivity index (χ3n) is 24.6. The number of aliphatic hydroxyl groups is 12. The first-order valence-corrected chi connectivity index (χ1v) is 38.5. The van der Waals surface area contributed by atoms with Gasteiger partial charge >= 0.3 is 83.5 Å². The van der Waals surface area contributed by atoms with Gasteiger partial charge in [0.1, 0.15) is 68.8 Å². The highest BCUT2D eigenvalue weighted by Crippen LogP contribution is 2.47. The Labute approximate surface area is 663 Å². The molecule has 15 heterocycles. The largest absolute Gasteiger partial charge is 0.462 e. The molecule has 5 saturated heterocycles. The van der Waals surface area contributed by atoms with Gasteiger partial charge in [-0.25, -0.2) is 49.5 Å². The number of esters is 4. The van der Waals surface area contributed by atoms with E-state index in [4.69, 9.17) is 82.0 Å². The lowest BCUT2D eigenvalue weighted by Gasteiger charge is -2.40. The summed E-state index contributed by atoms with van der Waals surface area (Å²) >= 11 is 0. The quantitative estimate of drug-likeness (QED) is 0.0278. The van der Waals surface area contributed by atoms with Gasteiger partial charge in [0.05, 0.1) is 30.7 Å². The van der Waals surface area contributed by atoms with Crippen LogP contribution in [0.25, 0.3) is 0 Å². The van der Waals surface area contributed by atoms with Gasteiger partial charge in [-0.3, -0.25) is 128 Å². The number of hydrogen-bond donors (Lipinski definition) is 39. The van der Waals surface area contributed by atoms with Crippen molar-refractivity contribution in [1.29, 1.82) is 0 Å². The van der Waals surface area contributed by atoms with Crippen molar-refractivity contribution >= 4 is 83.5 Å². The van der Waals surface area contributed by atoms with E-state index in [1.165, 1.54) is 27.7 Å². The molecule has 0 aromatic rings. The van der Waals surface area contributed by atoms with Crippen LogP contribution in [-0.2, 0) is 38.1 Å². The number of guanidine groups is 10. The van der Waals surface area contributed by atoms with Crippen LogP contribution < -0.4 is 147 Å². The normalized spacial score (nSPS) is 37.9. The summed E-state index contributed by atoms with van der Waals surface area (Å²) in [4.78, 5) is 59.6. The first kappa shape index (κ1) is 86.9. The molecule has 0 unspecified atom stereocenters. The van der Waals surface area contributed by atoms with Crippen molar-refractivity contribution in [1.82, 2.24) is 53.2 Å². The monoisotopic (exact) mass is 1660 g/mol. The molecule has 52 nitrogen and oxygen atoms in total. The second-order valence-corrected chi connectivity index (χ2v) is 31.9. The molecule has 0 bridgehead atoms. The standard InChI is InChI=1S/C14H24N6O4.2C13H23N7O4.C13H22N6O5.C11H20N6O3/c1-3-4-8-5-13(22,23)14-10(18-11(15)19-14)9(6-24-7(2)21)17-12(16)20(8)14;2*1-6(21)24-5-8-9-13(19-10(15)18-9)12(22,23)4-7(2-3-14)20(13)11(16)17-8;1-6(21)24-5-8-9-13(18-10(14)17-9)12(22,23)4-7(2-3-20)19(13)11(15)16-8;1-3-5-6-10(16-8(12)15-6)11(19,20)7(18)4(2)17(10)9(13)14-5/h8-10,22-23H,3-6H2,1-2H3,(H5,15,16,17,18,19);2*7-9,22-23H,2-5,14H2,1H3,(H5,15,16,17,18,19);7-9,20,22-23H,2-5H2,1H3,(H5,14,15,16,17,18);4-7,18-20H,3H2,1-2H3,(H5,12,13,14,15,16)/p+11/t8-,9-,10-,14-;3*7-,8-,9-,13-;4-,5-,6-,7-,10-/m00000/s1. The van der Waals surface area contributed by atoms with Crippen LogP contribution in [-0.4, -0.2) is 368 Å². The van der Waals surface area contributed by atoms with Crippen molar-refractivity contribution in [3.8, 4) is 0 Å². The lowest BCUT2D eigenvalue weighted by atomic mass is 9.85. The summed E-state index contributed by atoms with van der Waals surface area (Å²) < 4.78 is 28.6.